The van der Waals surface area contributed by atoms with Crippen LogP contribution < -0.4 is 5.56 Å². The predicted octanol–water partition coefficient (Wildman–Crippen LogP) is 1.87. The van der Waals surface area contributed by atoms with Crippen LogP contribution in [0.4, 0.5) is 0 Å². The van der Waals surface area contributed by atoms with Gasteiger partial charge < -0.3 is 0 Å². The third-order valence-corrected chi connectivity index (χ3v) is 5.26. The molecular formula is C14H11N3O3S2. The van der Waals surface area contributed by atoms with E-state index < -0.39 is 15.4 Å². The third kappa shape index (κ3) is 2.51. The standard InChI is InChI=1S/C14H11N3O3S2/c1-21-11-8-7-10-12(16-11)13(18)17-14(15-10)22(19,20)9-5-3-2-4-6-9/h2-8H,1H3,(H,15,17,18). The summed E-state index contributed by atoms with van der Waals surface area (Å²) in [5, 5.41) is 0.286. The molecule has 0 unspecified atom stereocenters. The minimum absolute atomic E-state index is 0.0752. The molecule has 0 fully saturated rings. The molecule has 0 radical (unpaired) electrons. The van der Waals surface area contributed by atoms with Gasteiger partial charge in [-0.2, -0.15) is 0 Å². The van der Waals surface area contributed by atoms with Crippen molar-refractivity contribution in [2.75, 3.05) is 6.26 Å². The maximum absolute atomic E-state index is 12.5. The average molecular weight is 333 g/mol. The second-order valence-electron chi connectivity index (χ2n) is 4.41. The highest BCUT2D eigenvalue weighted by Gasteiger charge is 2.21. The van der Waals surface area contributed by atoms with Gasteiger partial charge in [0.2, 0.25) is 15.0 Å². The highest BCUT2D eigenvalue weighted by Crippen LogP contribution is 2.19. The van der Waals surface area contributed by atoms with Crippen LogP contribution in [-0.2, 0) is 9.84 Å². The van der Waals surface area contributed by atoms with Crippen LogP contribution in [0.3, 0.4) is 0 Å². The largest absolute Gasteiger partial charge is 0.295 e. The fourth-order valence-electron chi connectivity index (χ4n) is 1.94. The first-order chi connectivity index (χ1) is 10.5. The quantitative estimate of drug-likeness (QED) is 0.581. The number of fused-ring (bicyclic) bond motifs is 1. The minimum atomic E-state index is -3.87. The molecule has 0 aliphatic heterocycles. The summed E-state index contributed by atoms with van der Waals surface area (Å²) in [6, 6.07) is 11.1. The molecule has 0 saturated heterocycles. The lowest BCUT2D eigenvalue weighted by Gasteiger charge is -2.05. The topological polar surface area (TPSA) is 92.8 Å². The van der Waals surface area contributed by atoms with E-state index in [1.54, 1.807) is 30.3 Å². The van der Waals surface area contributed by atoms with E-state index in [2.05, 4.69) is 15.0 Å². The number of hydrogen-bond acceptors (Lipinski definition) is 6. The van der Waals surface area contributed by atoms with Gasteiger partial charge in [-0.15, -0.1) is 11.8 Å². The van der Waals surface area contributed by atoms with E-state index in [0.717, 1.165) is 0 Å². The molecule has 0 spiro atoms. The normalized spacial score (nSPS) is 11.7. The van der Waals surface area contributed by atoms with E-state index in [4.69, 9.17) is 0 Å². The van der Waals surface area contributed by atoms with Crippen molar-refractivity contribution in [3.05, 3.63) is 52.8 Å². The molecule has 3 rings (SSSR count). The summed E-state index contributed by atoms with van der Waals surface area (Å²) in [5.74, 6) is 0. The molecule has 22 heavy (non-hydrogen) atoms. The Morgan fingerprint density at radius 3 is 2.45 bits per heavy atom. The van der Waals surface area contributed by atoms with Gasteiger partial charge in [0.1, 0.15) is 0 Å². The number of nitrogens with one attached hydrogen (secondary N) is 1. The molecule has 0 aliphatic carbocycles. The number of nitrogens with zero attached hydrogens (tertiary/aromatic N) is 2. The van der Waals surface area contributed by atoms with E-state index in [-0.39, 0.29) is 21.1 Å². The van der Waals surface area contributed by atoms with Crippen molar-refractivity contribution in [1.29, 1.82) is 0 Å². The van der Waals surface area contributed by atoms with Crippen LogP contribution in [0.5, 0.6) is 0 Å². The molecule has 0 bridgehead atoms. The van der Waals surface area contributed by atoms with Crippen molar-refractivity contribution in [2.24, 2.45) is 0 Å². The fourth-order valence-corrected chi connectivity index (χ4v) is 3.51. The Hall–Kier alpha value is -2.19. The Balaban J connectivity index is 2.23. The molecule has 0 atom stereocenters. The van der Waals surface area contributed by atoms with Crippen LogP contribution in [0, 0.1) is 0 Å². The number of pyridine rings is 1. The summed E-state index contributed by atoms with van der Waals surface area (Å²) in [4.78, 5) is 22.7. The zero-order valence-corrected chi connectivity index (χ0v) is 13.1. The number of hydrogen-bond donors (Lipinski definition) is 1. The van der Waals surface area contributed by atoms with E-state index in [0.29, 0.717) is 5.03 Å². The van der Waals surface area contributed by atoms with Crippen molar-refractivity contribution in [2.45, 2.75) is 15.1 Å². The molecule has 112 valence electrons. The lowest BCUT2D eigenvalue weighted by Crippen LogP contribution is -2.17. The van der Waals surface area contributed by atoms with Crippen molar-refractivity contribution in [3.8, 4) is 0 Å². The van der Waals surface area contributed by atoms with Crippen molar-refractivity contribution in [1.82, 2.24) is 15.0 Å². The van der Waals surface area contributed by atoms with Crippen molar-refractivity contribution < 1.29 is 8.42 Å². The second kappa shape index (κ2) is 5.54. The summed E-state index contributed by atoms with van der Waals surface area (Å²) in [7, 11) is -3.87. The van der Waals surface area contributed by atoms with Gasteiger partial charge in [0.05, 0.1) is 15.4 Å². The van der Waals surface area contributed by atoms with Gasteiger partial charge in [-0.05, 0) is 30.5 Å². The molecule has 2 aromatic heterocycles. The first-order valence-corrected chi connectivity index (χ1v) is 8.98. The first kappa shape index (κ1) is 14.7. The molecule has 0 amide bonds. The van der Waals surface area contributed by atoms with Gasteiger partial charge in [0.15, 0.2) is 5.52 Å². The average Bonchev–Trinajstić information content (AvgIpc) is 2.55. The zero-order chi connectivity index (χ0) is 15.7. The van der Waals surface area contributed by atoms with E-state index in [9.17, 15) is 13.2 Å². The Morgan fingerprint density at radius 2 is 1.77 bits per heavy atom. The highest BCUT2D eigenvalue weighted by atomic mass is 32.2. The maximum atomic E-state index is 12.5. The molecule has 1 N–H and O–H groups in total. The number of rotatable bonds is 3. The van der Waals surface area contributed by atoms with E-state index in [1.165, 1.54) is 23.9 Å². The maximum Gasteiger partial charge on any atom is 0.278 e. The lowest BCUT2D eigenvalue weighted by atomic mass is 10.4. The van der Waals surface area contributed by atoms with Crippen molar-refractivity contribution in [3.63, 3.8) is 0 Å². The van der Waals surface area contributed by atoms with Crippen LogP contribution in [-0.4, -0.2) is 29.6 Å². The summed E-state index contributed by atoms with van der Waals surface area (Å²) >= 11 is 1.39. The number of sulfone groups is 1. The van der Waals surface area contributed by atoms with Crippen LogP contribution in [0.1, 0.15) is 0 Å². The number of benzene rings is 1. The first-order valence-electron chi connectivity index (χ1n) is 6.27. The molecule has 0 saturated carbocycles. The van der Waals surface area contributed by atoms with Crippen LogP contribution in [0.2, 0.25) is 0 Å². The van der Waals surface area contributed by atoms with Gasteiger partial charge in [0.25, 0.3) is 5.56 Å². The van der Waals surface area contributed by atoms with Crippen LogP contribution >= 0.6 is 11.8 Å². The zero-order valence-electron chi connectivity index (χ0n) is 11.5. The van der Waals surface area contributed by atoms with Gasteiger partial charge in [0, 0.05) is 0 Å². The summed E-state index contributed by atoms with van der Waals surface area (Å²) in [6.45, 7) is 0. The third-order valence-electron chi connectivity index (χ3n) is 3.02. The minimum Gasteiger partial charge on any atom is -0.295 e. The number of aromatic amines is 1. The highest BCUT2D eigenvalue weighted by molar-refractivity contribution is 7.98. The molecule has 6 nitrogen and oxygen atoms in total. The molecule has 2 heterocycles. The Kier molecular flexibility index (Phi) is 3.71. The Labute approximate surface area is 130 Å². The summed E-state index contributed by atoms with van der Waals surface area (Å²) in [6.07, 6.45) is 1.84. The van der Waals surface area contributed by atoms with Gasteiger partial charge in [-0.25, -0.2) is 18.4 Å². The molecule has 1 aromatic carbocycles. The molecule has 8 heteroatoms. The van der Waals surface area contributed by atoms with Gasteiger partial charge in [-0.1, -0.05) is 18.2 Å². The Bertz CT molecular complexity index is 999. The van der Waals surface area contributed by atoms with Crippen LogP contribution in [0.15, 0.2) is 62.3 Å². The van der Waals surface area contributed by atoms with Crippen LogP contribution in [0.25, 0.3) is 11.0 Å². The number of thioether (sulfide) groups is 1. The predicted molar refractivity (Wildman–Crippen MR) is 83.8 cm³/mol. The number of aromatic nitrogens is 3. The van der Waals surface area contributed by atoms with E-state index in [1.807, 2.05) is 6.26 Å². The monoisotopic (exact) mass is 333 g/mol. The van der Waals surface area contributed by atoms with E-state index >= 15 is 0 Å². The molecule has 3 aromatic rings. The van der Waals surface area contributed by atoms with Crippen molar-refractivity contribution >= 4 is 32.6 Å². The molecule has 0 aliphatic rings. The lowest BCUT2D eigenvalue weighted by molar-refractivity contribution is 0.587. The number of H-pyrrole nitrogens is 1. The SMILES string of the molecule is CSc1ccc2nc(S(=O)(=O)c3ccccc3)[nH]c(=O)c2n1. The fraction of sp³-hybridized carbons (Fsp3) is 0.0714. The van der Waals surface area contributed by atoms with Gasteiger partial charge in [-0.3, -0.25) is 9.78 Å². The summed E-state index contributed by atoms with van der Waals surface area (Å²) < 4.78 is 25.0. The smallest absolute Gasteiger partial charge is 0.278 e. The Morgan fingerprint density at radius 1 is 1.05 bits per heavy atom. The molecular weight excluding hydrogens is 322 g/mol. The summed E-state index contributed by atoms with van der Waals surface area (Å²) in [5.41, 5.74) is -0.203. The second-order valence-corrected chi connectivity index (χ2v) is 7.10. The van der Waals surface area contributed by atoms with Gasteiger partial charge >= 0.3 is 0 Å².